The second kappa shape index (κ2) is 6.72. The number of hydrogen-bond acceptors (Lipinski definition) is 4. The van der Waals surface area contributed by atoms with E-state index in [1.807, 2.05) is 30.7 Å². The molecule has 0 aliphatic rings. The summed E-state index contributed by atoms with van der Waals surface area (Å²) in [6.45, 7) is 1.90. The maximum absolute atomic E-state index is 14.4. The number of imidazole rings is 1. The fraction of sp³-hybridized carbons (Fsp3) is 0.143. The lowest BCUT2D eigenvalue weighted by Gasteiger charge is -2.07. The molecule has 2 heterocycles. The Morgan fingerprint density at radius 3 is 2.81 bits per heavy atom. The van der Waals surface area contributed by atoms with Gasteiger partial charge in [0.2, 0.25) is 0 Å². The minimum absolute atomic E-state index is 0.266. The molecule has 0 unspecified atom stereocenters. The van der Waals surface area contributed by atoms with Crippen molar-refractivity contribution in [2.75, 3.05) is 0 Å². The zero-order valence-electron chi connectivity index (χ0n) is 18.7. The molecule has 0 bridgehead atoms. The van der Waals surface area contributed by atoms with Gasteiger partial charge in [0.1, 0.15) is 11.6 Å². The average Bonchev–Trinajstić information content (AvgIpc) is 3.09. The lowest BCUT2D eigenvalue weighted by Crippen LogP contribution is -2.08. The molecule has 27 heavy (non-hydrogen) atoms. The van der Waals surface area contributed by atoms with Gasteiger partial charge in [-0.1, -0.05) is 18.2 Å². The minimum Gasteiger partial charge on any atom is -0.331 e. The first-order chi connectivity index (χ1) is 14.7. The summed E-state index contributed by atoms with van der Waals surface area (Å²) < 4.78 is 47.0. The van der Waals surface area contributed by atoms with Crippen LogP contribution in [0.25, 0.3) is 22.2 Å². The van der Waals surface area contributed by atoms with E-state index >= 15 is 0 Å². The third-order valence-electron chi connectivity index (χ3n) is 4.41. The lowest BCUT2D eigenvalue weighted by atomic mass is 10.0. The molecule has 4 aromatic rings. The summed E-state index contributed by atoms with van der Waals surface area (Å²) in [7, 11) is 1.91. The first-order valence-corrected chi connectivity index (χ1v) is 8.23. The number of fused-ring (bicyclic) bond motifs is 1. The molecule has 4 rings (SSSR count). The predicted molar refractivity (Wildman–Crippen MR) is 101 cm³/mol. The summed E-state index contributed by atoms with van der Waals surface area (Å²) in [4.78, 5) is 17.0. The van der Waals surface area contributed by atoms with E-state index in [9.17, 15) is 9.18 Å². The van der Waals surface area contributed by atoms with Gasteiger partial charge in [-0.05, 0) is 37.2 Å². The number of carbonyl (C=O) groups excluding carboxylic acids is 1. The highest BCUT2D eigenvalue weighted by atomic mass is 19.1. The fourth-order valence-corrected chi connectivity index (χ4v) is 2.85. The van der Waals surface area contributed by atoms with Gasteiger partial charge in [-0.3, -0.25) is 4.79 Å². The molecule has 0 saturated heterocycles. The van der Waals surface area contributed by atoms with Crippen molar-refractivity contribution in [1.29, 1.82) is 0 Å². The Labute approximate surface area is 161 Å². The van der Waals surface area contributed by atoms with Gasteiger partial charge < -0.3 is 4.57 Å². The molecule has 2 aromatic heterocycles. The molecule has 0 fully saturated rings. The van der Waals surface area contributed by atoms with Crippen LogP contribution >= 0.6 is 0 Å². The first-order valence-electron chi connectivity index (χ1n) is 10.2. The van der Waals surface area contributed by atoms with Crippen molar-refractivity contribution < 1.29 is 14.7 Å². The Morgan fingerprint density at radius 2 is 2.04 bits per heavy atom. The van der Waals surface area contributed by atoms with Crippen molar-refractivity contribution >= 4 is 16.7 Å². The zero-order valence-corrected chi connectivity index (χ0v) is 14.7. The highest BCUT2D eigenvalue weighted by Crippen LogP contribution is 2.24. The van der Waals surface area contributed by atoms with Gasteiger partial charge >= 0.3 is 0 Å². The molecule has 0 spiro atoms. The van der Waals surface area contributed by atoms with E-state index in [2.05, 4.69) is 15.2 Å². The Morgan fingerprint density at radius 1 is 1.22 bits per heavy atom. The molecular weight excluding hydrogens is 343 g/mol. The molecule has 0 saturated carbocycles. The van der Waals surface area contributed by atoms with Crippen LogP contribution in [0.4, 0.5) is 4.39 Å². The standard InChI is InChI=1S/C21H17FN4O/c1-13-23-12-20(26(13)2)14-7-8-19-15(9-14)10-16(24-25-19)11-21(27)17-5-3-4-6-18(17)22/h3-10,12H,11H2,1-2H3/i3D,4D,5D,6D. The van der Waals surface area contributed by atoms with Gasteiger partial charge in [-0.25, -0.2) is 9.37 Å². The monoisotopic (exact) mass is 364 g/mol. The molecular formula is C21H17FN4O. The average molecular weight is 364 g/mol. The summed E-state index contributed by atoms with van der Waals surface area (Å²) in [6, 6.07) is 4.31. The molecule has 0 aliphatic heterocycles. The van der Waals surface area contributed by atoms with Crippen LogP contribution in [-0.2, 0) is 13.5 Å². The van der Waals surface area contributed by atoms with Crippen LogP contribution in [-0.4, -0.2) is 25.5 Å². The van der Waals surface area contributed by atoms with Crippen molar-refractivity contribution in [2.45, 2.75) is 13.3 Å². The molecule has 0 atom stereocenters. The van der Waals surface area contributed by atoms with Gasteiger partial charge in [-0.15, -0.1) is 0 Å². The smallest absolute Gasteiger partial charge is 0.171 e. The van der Waals surface area contributed by atoms with E-state index < -0.39 is 41.3 Å². The quantitative estimate of drug-likeness (QED) is 0.515. The summed E-state index contributed by atoms with van der Waals surface area (Å²) in [5.74, 6) is -1.20. The van der Waals surface area contributed by atoms with Gasteiger partial charge in [0.25, 0.3) is 0 Å². The van der Waals surface area contributed by atoms with E-state index in [0.717, 1.165) is 22.5 Å². The zero-order chi connectivity index (χ0) is 22.4. The number of ketones is 1. The number of aryl methyl sites for hydroxylation is 1. The summed E-state index contributed by atoms with van der Waals surface area (Å²) in [5, 5.41) is 8.86. The van der Waals surface area contributed by atoms with E-state index in [1.165, 1.54) is 0 Å². The van der Waals surface area contributed by atoms with Gasteiger partial charge in [-0.2, -0.15) is 10.2 Å². The van der Waals surface area contributed by atoms with Crippen LogP contribution in [0.5, 0.6) is 0 Å². The van der Waals surface area contributed by atoms with Gasteiger partial charge in [0.15, 0.2) is 5.78 Å². The number of halogens is 1. The maximum Gasteiger partial charge on any atom is 0.171 e. The third-order valence-corrected chi connectivity index (χ3v) is 4.41. The van der Waals surface area contributed by atoms with E-state index in [0.29, 0.717) is 5.52 Å². The molecule has 5 nitrogen and oxygen atoms in total. The number of benzene rings is 2. The van der Waals surface area contributed by atoms with Crippen molar-refractivity contribution in [3.8, 4) is 11.3 Å². The van der Waals surface area contributed by atoms with E-state index in [-0.39, 0.29) is 12.1 Å². The Bertz CT molecular complexity index is 1340. The van der Waals surface area contributed by atoms with Crippen molar-refractivity contribution in [1.82, 2.24) is 19.7 Å². The van der Waals surface area contributed by atoms with Gasteiger partial charge in [0.05, 0.1) is 40.6 Å². The predicted octanol–water partition coefficient (Wildman–Crippen LogP) is 3.90. The number of Topliss-reactive ketones (excluding diaryl/α,β-unsaturated/α-hetero) is 1. The topological polar surface area (TPSA) is 60.7 Å². The fourth-order valence-electron chi connectivity index (χ4n) is 2.85. The van der Waals surface area contributed by atoms with Crippen LogP contribution in [0.1, 0.15) is 27.4 Å². The van der Waals surface area contributed by atoms with Crippen LogP contribution in [0.2, 0.25) is 0 Å². The van der Waals surface area contributed by atoms with Crippen molar-refractivity contribution in [3.05, 3.63) is 77.5 Å². The number of aromatic nitrogens is 4. The van der Waals surface area contributed by atoms with Crippen molar-refractivity contribution in [2.24, 2.45) is 7.05 Å². The number of rotatable bonds is 4. The number of carbonyl (C=O) groups is 1. The number of nitrogens with zero attached hydrogens (tertiary/aromatic N) is 4. The van der Waals surface area contributed by atoms with Crippen LogP contribution < -0.4 is 0 Å². The molecule has 0 radical (unpaired) electrons. The molecule has 6 heteroatoms. The molecule has 2 aromatic carbocycles. The Kier molecular flexibility index (Phi) is 3.20. The van der Waals surface area contributed by atoms with Crippen LogP contribution in [0.15, 0.2) is 54.6 Å². The second-order valence-corrected chi connectivity index (χ2v) is 6.15. The van der Waals surface area contributed by atoms with Crippen LogP contribution in [0, 0.1) is 12.7 Å². The minimum atomic E-state index is -1.27. The normalized spacial score (nSPS) is 13.1. The lowest BCUT2D eigenvalue weighted by molar-refractivity contribution is 0.0988. The largest absolute Gasteiger partial charge is 0.331 e. The summed E-state index contributed by atoms with van der Waals surface area (Å²) in [5.41, 5.74) is 2.03. The SMILES string of the molecule is [2H]c1c([2H])c([2H])c(C(=O)Cc2cc3cc(-c4cnc(C)n4C)ccc3nn2)c(F)c1[2H]. The van der Waals surface area contributed by atoms with Crippen molar-refractivity contribution in [3.63, 3.8) is 0 Å². The molecule has 0 amide bonds. The third kappa shape index (κ3) is 3.21. The Balaban J connectivity index is 1.71. The van der Waals surface area contributed by atoms with Crippen LogP contribution in [0.3, 0.4) is 0 Å². The Hall–Kier alpha value is -3.41. The van der Waals surface area contributed by atoms with Gasteiger partial charge in [0, 0.05) is 18.0 Å². The second-order valence-electron chi connectivity index (χ2n) is 6.15. The first kappa shape index (κ1) is 12.9. The highest BCUT2D eigenvalue weighted by molar-refractivity contribution is 5.98. The summed E-state index contributed by atoms with van der Waals surface area (Å²) >= 11 is 0. The summed E-state index contributed by atoms with van der Waals surface area (Å²) in [6.07, 6.45) is 1.41. The molecule has 0 aliphatic carbocycles. The maximum atomic E-state index is 14.4. The molecule has 134 valence electrons. The van der Waals surface area contributed by atoms with E-state index in [4.69, 9.17) is 5.48 Å². The van der Waals surface area contributed by atoms with E-state index in [1.54, 1.807) is 18.3 Å². The number of hydrogen-bond donors (Lipinski definition) is 0. The highest BCUT2D eigenvalue weighted by Gasteiger charge is 2.14. The molecule has 0 N–H and O–H groups in total.